The second-order valence-electron chi connectivity index (χ2n) is 3.87. The van der Waals surface area contributed by atoms with Crippen LogP contribution in [0.3, 0.4) is 0 Å². The van der Waals surface area contributed by atoms with Gasteiger partial charge in [-0.1, -0.05) is 0 Å². The van der Waals surface area contributed by atoms with E-state index in [0.29, 0.717) is 23.0 Å². The Labute approximate surface area is 137 Å². The van der Waals surface area contributed by atoms with E-state index in [-0.39, 0.29) is 43.1 Å². The first kappa shape index (κ1) is 17.5. The van der Waals surface area contributed by atoms with Crippen LogP contribution in [0.15, 0.2) is 17.1 Å². The Kier molecular flexibility index (Phi) is 6.72. The van der Waals surface area contributed by atoms with Crippen LogP contribution in [-0.2, 0) is 6.54 Å². The maximum absolute atomic E-state index is 12.4. The highest BCUT2D eigenvalue weighted by atomic mass is 127. The number of nitrogens with zero attached hydrogens (tertiary/aromatic N) is 1. The molecule has 1 aliphatic rings. The second kappa shape index (κ2) is 8.05. The highest BCUT2D eigenvalue weighted by molar-refractivity contribution is 14.0. The number of benzene rings is 1. The zero-order valence-electron chi connectivity index (χ0n) is 11.5. The lowest BCUT2D eigenvalue weighted by Crippen LogP contribution is -2.34. The van der Waals surface area contributed by atoms with Gasteiger partial charge in [0.25, 0.3) is 0 Å². The van der Waals surface area contributed by atoms with E-state index in [4.69, 9.17) is 9.47 Å². The third kappa shape index (κ3) is 4.48. The molecule has 0 radical (unpaired) electrons. The summed E-state index contributed by atoms with van der Waals surface area (Å²) in [6.45, 7) is -2.58. The van der Waals surface area contributed by atoms with Gasteiger partial charge in [-0.3, -0.25) is 4.99 Å². The molecule has 1 aromatic rings. The van der Waals surface area contributed by atoms with Gasteiger partial charge in [0, 0.05) is 32.3 Å². The van der Waals surface area contributed by atoms with Gasteiger partial charge < -0.3 is 24.8 Å². The lowest BCUT2D eigenvalue weighted by Gasteiger charge is -2.14. The largest absolute Gasteiger partial charge is 0.454 e. The van der Waals surface area contributed by atoms with Crippen LogP contribution in [0.5, 0.6) is 17.2 Å². The van der Waals surface area contributed by atoms with Gasteiger partial charge in [-0.2, -0.15) is 8.78 Å². The molecule has 2 rings (SSSR count). The van der Waals surface area contributed by atoms with E-state index in [2.05, 4.69) is 20.4 Å². The van der Waals surface area contributed by atoms with Crippen LogP contribution in [0, 0.1) is 0 Å². The summed E-state index contributed by atoms with van der Waals surface area (Å²) < 4.78 is 39.7. The van der Waals surface area contributed by atoms with Gasteiger partial charge in [0.2, 0.25) is 6.79 Å². The number of hydrogen-bond acceptors (Lipinski definition) is 4. The minimum absolute atomic E-state index is 0. The molecule has 118 valence electrons. The van der Waals surface area contributed by atoms with Gasteiger partial charge in [0.15, 0.2) is 17.5 Å². The van der Waals surface area contributed by atoms with Crippen molar-refractivity contribution in [2.24, 2.45) is 4.99 Å². The average Bonchev–Trinajstić information content (AvgIpc) is 2.86. The zero-order valence-corrected chi connectivity index (χ0v) is 13.8. The van der Waals surface area contributed by atoms with Crippen LogP contribution in [0.2, 0.25) is 0 Å². The van der Waals surface area contributed by atoms with Crippen molar-refractivity contribution in [2.75, 3.05) is 20.9 Å². The molecule has 0 spiro atoms. The standard InChI is InChI=1S/C12H15F2N3O3.HI/c1-15-12(16-2)17-5-7-3-9-10(19-6-18-9)4-8(7)20-11(13)14;/h3-4,11H,5-6H2,1-2H3,(H2,15,16,17);1H. The third-order valence-corrected chi connectivity index (χ3v) is 2.68. The topological polar surface area (TPSA) is 64.1 Å². The van der Waals surface area contributed by atoms with Crippen molar-refractivity contribution < 1.29 is 23.0 Å². The number of rotatable bonds is 4. The second-order valence-corrected chi connectivity index (χ2v) is 3.87. The van der Waals surface area contributed by atoms with Crippen LogP contribution in [-0.4, -0.2) is 33.5 Å². The normalized spacial score (nSPS) is 12.9. The van der Waals surface area contributed by atoms with Crippen molar-refractivity contribution in [1.82, 2.24) is 10.6 Å². The third-order valence-electron chi connectivity index (χ3n) is 2.68. The molecule has 21 heavy (non-hydrogen) atoms. The summed E-state index contributed by atoms with van der Waals surface area (Å²) in [5.74, 6) is 1.47. The SMILES string of the molecule is CN=C(NC)NCc1cc2c(cc1OC(F)F)OCO2.I. The van der Waals surface area contributed by atoms with Crippen LogP contribution < -0.4 is 24.8 Å². The van der Waals surface area contributed by atoms with Gasteiger partial charge in [-0.25, -0.2) is 0 Å². The maximum atomic E-state index is 12.4. The molecule has 0 bridgehead atoms. The molecule has 0 unspecified atom stereocenters. The van der Waals surface area contributed by atoms with Crippen molar-refractivity contribution in [3.8, 4) is 17.2 Å². The van der Waals surface area contributed by atoms with E-state index in [1.807, 2.05) is 0 Å². The molecule has 0 amide bonds. The van der Waals surface area contributed by atoms with Gasteiger partial charge in [-0.05, 0) is 6.07 Å². The number of alkyl halides is 2. The van der Waals surface area contributed by atoms with E-state index in [1.54, 1.807) is 20.2 Å². The highest BCUT2D eigenvalue weighted by Gasteiger charge is 2.20. The minimum Gasteiger partial charge on any atom is -0.454 e. The molecule has 9 heteroatoms. The Morgan fingerprint density at radius 1 is 1.38 bits per heavy atom. The molecule has 0 aliphatic carbocycles. The summed E-state index contributed by atoms with van der Waals surface area (Å²) in [6.07, 6.45) is 0. The lowest BCUT2D eigenvalue weighted by atomic mass is 10.1. The molecule has 6 nitrogen and oxygen atoms in total. The van der Waals surface area contributed by atoms with E-state index >= 15 is 0 Å². The molecule has 0 saturated carbocycles. The van der Waals surface area contributed by atoms with Crippen LogP contribution in [0.1, 0.15) is 5.56 Å². The summed E-state index contributed by atoms with van der Waals surface area (Å²) in [4.78, 5) is 3.93. The number of halogens is 3. The molecule has 1 aliphatic heterocycles. The Morgan fingerprint density at radius 2 is 2.05 bits per heavy atom. The molecule has 1 heterocycles. The quantitative estimate of drug-likeness (QED) is 0.447. The predicted octanol–water partition coefficient (Wildman–Crippen LogP) is 1.93. The summed E-state index contributed by atoms with van der Waals surface area (Å²) >= 11 is 0. The number of ether oxygens (including phenoxy) is 3. The van der Waals surface area contributed by atoms with Gasteiger partial charge in [-0.15, -0.1) is 24.0 Å². The summed E-state index contributed by atoms with van der Waals surface area (Å²) in [7, 11) is 3.31. The predicted molar refractivity (Wildman–Crippen MR) is 83.9 cm³/mol. The van der Waals surface area contributed by atoms with Gasteiger partial charge in [0.1, 0.15) is 5.75 Å². The maximum Gasteiger partial charge on any atom is 0.387 e. The van der Waals surface area contributed by atoms with Gasteiger partial charge in [0.05, 0.1) is 0 Å². The highest BCUT2D eigenvalue weighted by Crippen LogP contribution is 2.38. The zero-order chi connectivity index (χ0) is 14.5. The monoisotopic (exact) mass is 415 g/mol. The summed E-state index contributed by atoms with van der Waals surface area (Å²) in [5, 5.41) is 5.79. The average molecular weight is 415 g/mol. The van der Waals surface area contributed by atoms with Crippen LogP contribution in [0.4, 0.5) is 8.78 Å². The fourth-order valence-corrected chi connectivity index (χ4v) is 1.77. The van der Waals surface area contributed by atoms with E-state index in [0.717, 1.165) is 0 Å². The Hall–Kier alpha value is -1.52. The first-order valence-corrected chi connectivity index (χ1v) is 5.89. The molecule has 1 aromatic carbocycles. The number of guanidine groups is 1. The Bertz CT molecular complexity index is 515. The Balaban J connectivity index is 0.00000220. The minimum atomic E-state index is -2.90. The van der Waals surface area contributed by atoms with E-state index in [9.17, 15) is 8.78 Å². The number of aliphatic imine (C=N–C) groups is 1. The van der Waals surface area contributed by atoms with Crippen LogP contribution in [0.25, 0.3) is 0 Å². The Morgan fingerprint density at radius 3 is 2.62 bits per heavy atom. The van der Waals surface area contributed by atoms with E-state index < -0.39 is 6.61 Å². The van der Waals surface area contributed by atoms with Crippen molar-refractivity contribution in [3.63, 3.8) is 0 Å². The first-order valence-electron chi connectivity index (χ1n) is 5.89. The molecule has 0 fully saturated rings. The molecular formula is C12H16F2IN3O3. The molecule has 0 aromatic heterocycles. The smallest absolute Gasteiger partial charge is 0.387 e. The lowest BCUT2D eigenvalue weighted by molar-refractivity contribution is -0.0505. The van der Waals surface area contributed by atoms with E-state index in [1.165, 1.54) is 6.07 Å². The number of nitrogens with one attached hydrogen (secondary N) is 2. The van der Waals surface area contributed by atoms with Crippen molar-refractivity contribution >= 4 is 29.9 Å². The molecule has 2 N–H and O–H groups in total. The fraction of sp³-hybridized carbons (Fsp3) is 0.417. The molecule has 0 saturated heterocycles. The summed E-state index contributed by atoms with van der Waals surface area (Å²) in [6, 6.07) is 3.00. The molecular weight excluding hydrogens is 399 g/mol. The van der Waals surface area contributed by atoms with Crippen molar-refractivity contribution in [3.05, 3.63) is 17.7 Å². The number of hydrogen-bond donors (Lipinski definition) is 2. The van der Waals surface area contributed by atoms with Crippen molar-refractivity contribution in [2.45, 2.75) is 13.2 Å². The molecule has 0 atom stereocenters. The first-order chi connectivity index (χ1) is 9.63. The number of fused-ring (bicyclic) bond motifs is 1. The fourth-order valence-electron chi connectivity index (χ4n) is 1.77. The van der Waals surface area contributed by atoms with Crippen molar-refractivity contribution in [1.29, 1.82) is 0 Å². The summed E-state index contributed by atoms with van der Waals surface area (Å²) in [5.41, 5.74) is 0.519. The van der Waals surface area contributed by atoms with Crippen LogP contribution >= 0.6 is 24.0 Å². The van der Waals surface area contributed by atoms with Gasteiger partial charge >= 0.3 is 6.61 Å².